The van der Waals surface area contributed by atoms with Crippen molar-refractivity contribution < 1.29 is 17.6 Å². The molecule has 2 unspecified atom stereocenters. The van der Waals surface area contributed by atoms with Gasteiger partial charge in [-0.05, 0) is 11.3 Å². The van der Waals surface area contributed by atoms with Crippen LogP contribution >= 0.6 is 0 Å². The third kappa shape index (κ3) is 2.34. The third-order valence-corrected chi connectivity index (χ3v) is 9.48. The standard InChI is InChI=1S/C12H18F4Si/c1-4-17(5-2,6-3)9-7-8(13)10(14)12(16)11(9)15/h7-8,10H,4-6H2,1-3H3. The molecular formula is C12H18F4Si. The van der Waals surface area contributed by atoms with E-state index in [0.29, 0.717) is 18.1 Å². The van der Waals surface area contributed by atoms with Crippen LogP contribution in [-0.2, 0) is 0 Å². The van der Waals surface area contributed by atoms with Gasteiger partial charge in [-0.1, -0.05) is 38.9 Å². The molecule has 0 heterocycles. The molecule has 0 saturated heterocycles. The number of rotatable bonds is 4. The maximum atomic E-state index is 13.8. The van der Waals surface area contributed by atoms with Crippen LogP contribution in [0.3, 0.4) is 0 Å². The first-order valence-corrected chi connectivity index (χ1v) is 8.61. The normalized spacial score (nSPS) is 26.2. The van der Waals surface area contributed by atoms with Gasteiger partial charge in [-0.15, -0.1) is 0 Å². The van der Waals surface area contributed by atoms with Crippen LogP contribution in [-0.4, -0.2) is 20.4 Å². The zero-order chi connectivity index (χ0) is 13.2. The number of halogens is 4. The fourth-order valence-electron chi connectivity index (χ4n) is 2.44. The van der Waals surface area contributed by atoms with Gasteiger partial charge in [-0.2, -0.15) is 0 Å². The fourth-order valence-corrected chi connectivity index (χ4v) is 6.18. The molecule has 2 atom stereocenters. The van der Waals surface area contributed by atoms with E-state index in [9.17, 15) is 17.6 Å². The zero-order valence-corrected chi connectivity index (χ0v) is 11.4. The van der Waals surface area contributed by atoms with Crippen molar-refractivity contribution in [3.05, 3.63) is 22.9 Å². The van der Waals surface area contributed by atoms with Crippen LogP contribution in [0.1, 0.15) is 20.8 Å². The lowest BCUT2D eigenvalue weighted by Gasteiger charge is -2.33. The minimum atomic E-state index is -2.48. The van der Waals surface area contributed by atoms with Crippen molar-refractivity contribution in [2.75, 3.05) is 0 Å². The van der Waals surface area contributed by atoms with Crippen LogP contribution in [0.4, 0.5) is 17.6 Å². The number of hydrogen-bond donors (Lipinski definition) is 0. The van der Waals surface area contributed by atoms with E-state index in [4.69, 9.17) is 0 Å². The lowest BCUT2D eigenvalue weighted by molar-refractivity contribution is 0.198. The van der Waals surface area contributed by atoms with Crippen LogP contribution in [0.2, 0.25) is 18.1 Å². The Morgan fingerprint density at radius 2 is 1.53 bits per heavy atom. The summed E-state index contributed by atoms with van der Waals surface area (Å²) >= 11 is 0. The van der Waals surface area contributed by atoms with E-state index in [0.717, 1.165) is 6.08 Å². The maximum absolute atomic E-state index is 13.8. The summed E-state index contributed by atoms with van der Waals surface area (Å²) in [4.78, 5) is 0. The first-order valence-electron chi connectivity index (χ1n) is 5.99. The second-order valence-electron chi connectivity index (χ2n) is 4.43. The Morgan fingerprint density at radius 1 is 1.06 bits per heavy atom. The first kappa shape index (κ1) is 14.5. The molecule has 0 spiro atoms. The minimum Gasteiger partial charge on any atom is -0.239 e. The van der Waals surface area contributed by atoms with Gasteiger partial charge in [-0.25, -0.2) is 17.6 Å². The van der Waals surface area contributed by atoms with E-state index >= 15 is 0 Å². The largest absolute Gasteiger partial charge is 0.239 e. The van der Waals surface area contributed by atoms with Crippen molar-refractivity contribution in [1.82, 2.24) is 0 Å². The SMILES string of the molecule is CC[Si](CC)(CC)C1=CC(F)C(F)C(F)=C1F. The highest BCUT2D eigenvalue weighted by Gasteiger charge is 2.41. The van der Waals surface area contributed by atoms with Crippen molar-refractivity contribution >= 4 is 8.07 Å². The summed E-state index contributed by atoms with van der Waals surface area (Å²) in [7, 11) is -2.21. The summed E-state index contributed by atoms with van der Waals surface area (Å²) in [6.07, 6.45) is -3.57. The zero-order valence-electron chi connectivity index (χ0n) is 10.4. The smallest absolute Gasteiger partial charge is 0.189 e. The van der Waals surface area contributed by atoms with Gasteiger partial charge in [0.05, 0.1) is 8.07 Å². The highest BCUT2D eigenvalue weighted by Crippen LogP contribution is 2.40. The second kappa shape index (κ2) is 5.37. The molecule has 0 N–H and O–H groups in total. The molecule has 0 nitrogen and oxygen atoms in total. The molecular weight excluding hydrogens is 248 g/mol. The second-order valence-corrected chi connectivity index (χ2v) is 9.65. The topological polar surface area (TPSA) is 0 Å². The molecule has 98 valence electrons. The molecule has 0 aromatic heterocycles. The van der Waals surface area contributed by atoms with Crippen LogP contribution in [0.5, 0.6) is 0 Å². The first-order chi connectivity index (χ1) is 7.93. The molecule has 1 aliphatic rings. The van der Waals surface area contributed by atoms with E-state index in [1.54, 1.807) is 0 Å². The molecule has 1 aliphatic carbocycles. The minimum absolute atomic E-state index is 0.129. The lowest BCUT2D eigenvalue weighted by atomic mass is 10.1. The quantitative estimate of drug-likeness (QED) is 0.506. The Balaban J connectivity index is 3.25. The fraction of sp³-hybridized carbons (Fsp3) is 0.667. The number of allylic oxidation sites excluding steroid dienone is 4. The molecule has 5 heteroatoms. The van der Waals surface area contributed by atoms with E-state index < -0.39 is 32.1 Å². The summed E-state index contributed by atoms with van der Waals surface area (Å²) in [5.41, 5.74) is 0. The molecule has 1 rings (SSSR count). The Bertz CT molecular complexity index is 336. The van der Waals surface area contributed by atoms with E-state index in [1.165, 1.54) is 0 Å². The van der Waals surface area contributed by atoms with E-state index in [-0.39, 0.29) is 5.20 Å². The number of hydrogen-bond acceptors (Lipinski definition) is 0. The number of alkyl halides is 2. The van der Waals surface area contributed by atoms with Gasteiger partial charge in [0.2, 0.25) is 0 Å². The Labute approximate surface area is 100 Å². The van der Waals surface area contributed by atoms with Gasteiger partial charge in [0.25, 0.3) is 0 Å². The lowest BCUT2D eigenvalue weighted by Crippen LogP contribution is -2.38. The summed E-state index contributed by atoms with van der Waals surface area (Å²) in [6, 6.07) is 2.11. The predicted octanol–water partition coefficient (Wildman–Crippen LogP) is 4.80. The molecule has 0 radical (unpaired) electrons. The molecule has 0 amide bonds. The van der Waals surface area contributed by atoms with Gasteiger partial charge in [-0.3, -0.25) is 0 Å². The average Bonchev–Trinajstić information content (AvgIpc) is 2.35. The van der Waals surface area contributed by atoms with Gasteiger partial charge in [0, 0.05) is 0 Å². The van der Waals surface area contributed by atoms with Crippen molar-refractivity contribution in [3.63, 3.8) is 0 Å². The Morgan fingerprint density at radius 3 is 1.94 bits per heavy atom. The Kier molecular flexibility index (Phi) is 4.58. The van der Waals surface area contributed by atoms with Gasteiger partial charge in [0.15, 0.2) is 24.0 Å². The van der Waals surface area contributed by atoms with Crippen LogP contribution in [0, 0.1) is 0 Å². The van der Waals surface area contributed by atoms with E-state index in [2.05, 4.69) is 0 Å². The highest BCUT2D eigenvalue weighted by molar-refractivity contribution is 6.87. The van der Waals surface area contributed by atoms with Crippen LogP contribution in [0.25, 0.3) is 0 Å². The van der Waals surface area contributed by atoms with Crippen molar-refractivity contribution in [1.29, 1.82) is 0 Å². The summed E-state index contributed by atoms with van der Waals surface area (Å²) in [5, 5.41) is 0.129. The molecule has 0 aromatic rings. The summed E-state index contributed by atoms with van der Waals surface area (Å²) < 4.78 is 53.4. The average molecular weight is 266 g/mol. The predicted molar refractivity (Wildman–Crippen MR) is 64.3 cm³/mol. The van der Waals surface area contributed by atoms with Crippen molar-refractivity contribution in [3.8, 4) is 0 Å². The maximum Gasteiger partial charge on any atom is 0.189 e. The van der Waals surface area contributed by atoms with Gasteiger partial charge >= 0.3 is 0 Å². The highest BCUT2D eigenvalue weighted by atomic mass is 28.3. The summed E-state index contributed by atoms with van der Waals surface area (Å²) in [5.74, 6) is -2.72. The van der Waals surface area contributed by atoms with Gasteiger partial charge < -0.3 is 0 Å². The van der Waals surface area contributed by atoms with Crippen molar-refractivity contribution in [2.24, 2.45) is 0 Å². The molecule has 0 aromatic carbocycles. The van der Waals surface area contributed by atoms with Crippen molar-refractivity contribution in [2.45, 2.75) is 51.2 Å². The third-order valence-electron chi connectivity index (χ3n) is 3.90. The van der Waals surface area contributed by atoms with Crippen LogP contribution in [0.15, 0.2) is 22.9 Å². The molecule has 0 fully saturated rings. The molecule has 0 bridgehead atoms. The van der Waals surface area contributed by atoms with Crippen LogP contribution < -0.4 is 0 Å². The Hall–Kier alpha value is -0.583. The molecule has 17 heavy (non-hydrogen) atoms. The molecule has 0 aliphatic heterocycles. The molecule has 0 saturated carbocycles. The van der Waals surface area contributed by atoms with Gasteiger partial charge in [0.1, 0.15) is 0 Å². The summed E-state index contributed by atoms with van der Waals surface area (Å²) in [6.45, 7) is 5.71. The van der Waals surface area contributed by atoms with E-state index in [1.807, 2.05) is 20.8 Å². The monoisotopic (exact) mass is 266 g/mol.